The van der Waals surface area contributed by atoms with Crippen LogP contribution in [0.15, 0.2) is 24.3 Å². The van der Waals surface area contributed by atoms with Gasteiger partial charge in [0.25, 0.3) is 5.78 Å². The van der Waals surface area contributed by atoms with Crippen LogP contribution in [-0.2, 0) is 16.1 Å². The highest BCUT2D eigenvalue weighted by Crippen LogP contribution is 2.26. The summed E-state index contributed by atoms with van der Waals surface area (Å²) in [6.45, 7) is 4.63. The Morgan fingerprint density at radius 1 is 1.17 bits per heavy atom. The van der Waals surface area contributed by atoms with Crippen LogP contribution in [0.2, 0.25) is 0 Å². The molecule has 0 saturated carbocycles. The Balaban J connectivity index is 2.42. The van der Waals surface area contributed by atoms with Crippen LogP contribution in [0, 0.1) is 0 Å². The molecule has 1 aromatic heterocycles. The molecule has 124 valence electrons. The number of Topliss-reactive ketones (excluding diaryl/α,β-unsaturated/α-hetero) is 1. The first-order valence-electron chi connectivity index (χ1n) is 6.78. The second kappa shape index (κ2) is 5.68. The van der Waals surface area contributed by atoms with Crippen molar-refractivity contribution in [2.24, 2.45) is 0 Å². The van der Waals surface area contributed by atoms with E-state index in [2.05, 4.69) is 5.10 Å². The first-order valence-corrected chi connectivity index (χ1v) is 6.78. The number of alkyl halides is 3. The molecule has 0 aliphatic carbocycles. The van der Waals surface area contributed by atoms with Gasteiger partial charge in [-0.3, -0.25) is 14.3 Å². The molecule has 0 unspecified atom stereocenters. The SMILES string of the molecule is CC(C)(C)OC(=O)Cn1nc(C(=O)C(F)(F)F)c2ccccc21. The molecule has 0 saturated heterocycles. The topological polar surface area (TPSA) is 61.2 Å². The molecule has 1 heterocycles. The van der Waals surface area contributed by atoms with Crippen molar-refractivity contribution in [2.45, 2.75) is 39.1 Å². The average molecular weight is 328 g/mol. The lowest BCUT2D eigenvalue weighted by Gasteiger charge is -2.19. The van der Waals surface area contributed by atoms with Gasteiger partial charge in [0.05, 0.1) is 5.52 Å². The summed E-state index contributed by atoms with van der Waals surface area (Å²) in [5, 5.41) is 3.71. The van der Waals surface area contributed by atoms with E-state index >= 15 is 0 Å². The first-order chi connectivity index (χ1) is 10.5. The van der Waals surface area contributed by atoms with E-state index in [0.717, 1.165) is 4.68 Å². The number of fused-ring (bicyclic) bond motifs is 1. The Hall–Kier alpha value is -2.38. The number of rotatable bonds is 3. The van der Waals surface area contributed by atoms with E-state index < -0.39 is 29.2 Å². The Bertz CT molecular complexity index is 757. The fourth-order valence-corrected chi connectivity index (χ4v) is 2.05. The third-order valence-electron chi connectivity index (χ3n) is 2.83. The van der Waals surface area contributed by atoms with E-state index in [9.17, 15) is 22.8 Å². The zero-order chi connectivity index (χ0) is 17.4. The van der Waals surface area contributed by atoms with Crippen LogP contribution < -0.4 is 0 Å². The number of para-hydroxylation sites is 1. The molecule has 0 bridgehead atoms. The number of carbonyl (C=O) groups is 2. The lowest BCUT2D eigenvalue weighted by atomic mass is 10.1. The minimum atomic E-state index is -5.03. The minimum Gasteiger partial charge on any atom is -0.459 e. The predicted octanol–water partition coefficient (Wildman–Crippen LogP) is 3.12. The minimum absolute atomic E-state index is 0.0402. The summed E-state index contributed by atoms with van der Waals surface area (Å²) in [4.78, 5) is 23.3. The van der Waals surface area contributed by atoms with Crippen LogP contribution in [0.25, 0.3) is 10.9 Å². The van der Waals surface area contributed by atoms with Crippen LogP contribution in [0.3, 0.4) is 0 Å². The van der Waals surface area contributed by atoms with Gasteiger partial charge in [0.15, 0.2) is 0 Å². The monoisotopic (exact) mass is 328 g/mol. The van der Waals surface area contributed by atoms with Crippen molar-refractivity contribution in [2.75, 3.05) is 0 Å². The number of ketones is 1. The molecular formula is C15H15F3N2O3. The molecule has 0 atom stereocenters. The Morgan fingerprint density at radius 3 is 2.35 bits per heavy atom. The van der Waals surface area contributed by atoms with E-state index in [1.165, 1.54) is 18.2 Å². The maximum Gasteiger partial charge on any atom is 0.456 e. The van der Waals surface area contributed by atoms with E-state index in [1.54, 1.807) is 26.8 Å². The van der Waals surface area contributed by atoms with Gasteiger partial charge in [0.1, 0.15) is 17.8 Å². The highest BCUT2D eigenvalue weighted by molar-refractivity contribution is 6.08. The molecule has 23 heavy (non-hydrogen) atoms. The Kier molecular flexibility index (Phi) is 4.19. The van der Waals surface area contributed by atoms with Gasteiger partial charge in [-0.05, 0) is 26.8 Å². The Labute approximate surface area is 130 Å². The van der Waals surface area contributed by atoms with Gasteiger partial charge in [-0.2, -0.15) is 18.3 Å². The number of hydrogen-bond acceptors (Lipinski definition) is 4. The number of esters is 1. The summed E-state index contributed by atoms with van der Waals surface area (Å²) in [5.74, 6) is -2.70. The van der Waals surface area contributed by atoms with Crippen LogP contribution in [0.1, 0.15) is 31.3 Å². The molecule has 2 rings (SSSR count). The van der Waals surface area contributed by atoms with Crippen LogP contribution in [0.4, 0.5) is 13.2 Å². The molecule has 1 aromatic carbocycles. The van der Waals surface area contributed by atoms with Gasteiger partial charge in [0.2, 0.25) is 0 Å². The van der Waals surface area contributed by atoms with Gasteiger partial charge >= 0.3 is 12.1 Å². The molecule has 0 aliphatic heterocycles. The van der Waals surface area contributed by atoms with Crippen molar-refractivity contribution in [1.82, 2.24) is 9.78 Å². The van der Waals surface area contributed by atoms with E-state index in [-0.39, 0.29) is 17.4 Å². The highest BCUT2D eigenvalue weighted by Gasteiger charge is 2.42. The molecule has 0 N–H and O–H groups in total. The van der Waals surface area contributed by atoms with Crippen LogP contribution in [0.5, 0.6) is 0 Å². The largest absolute Gasteiger partial charge is 0.459 e. The molecule has 0 radical (unpaired) electrons. The molecule has 0 amide bonds. The van der Waals surface area contributed by atoms with Gasteiger partial charge < -0.3 is 4.74 Å². The third-order valence-corrected chi connectivity index (χ3v) is 2.83. The summed E-state index contributed by atoms with van der Waals surface area (Å²) >= 11 is 0. The van der Waals surface area contributed by atoms with Gasteiger partial charge in [0, 0.05) is 5.39 Å². The maximum atomic E-state index is 12.7. The van der Waals surface area contributed by atoms with Gasteiger partial charge in [-0.1, -0.05) is 18.2 Å². The normalized spacial score (nSPS) is 12.4. The van der Waals surface area contributed by atoms with Gasteiger partial charge in [-0.15, -0.1) is 0 Å². The fraction of sp³-hybridized carbons (Fsp3) is 0.400. The zero-order valence-corrected chi connectivity index (χ0v) is 12.8. The zero-order valence-electron chi connectivity index (χ0n) is 12.8. The number of ether oxygens (including phenoxy) is 1. The fourth-order valence-electron chi connectivity index (χ4n) is 2.05. The molecule has 2 aromatic rings. The lowest BCUT2D eigenvalue weighted by Crippen LogP contribution is -2.27. The number of nitrogens with zero attached hydrogens (tertiary/aromatic N) is 2. The summed E-state index contributed by atoms with van der Waals surface area (Å²) in [5.41, 5.74) is -1.20. The number of benzene rings is 1. The van der Waals surface area contributed by atoms with Crippen molar-refractivity contribution in [1.29, 1.82) is 0 Å². The number of aromatic nitrogens is 2. The number of halogens is 3. The summed E-state index contributed by atoms with van der Waals surface area (Å²) in [6, 6.07) is 5.92. The predicted molar refractivity (Wildman–Crippen MR) is 76.0 cm³/mol. The highest BCUT2D eigenvalue weighted by atomic mass is 19.4. The molecular weight excluding hydrogens is 313 g/mol. The smallest absolute Gasteiger partial charge is 0.456 e. The third kappa shape index (κ3) is 3.88. The molecule has 5 nitrogen and oxygen atoms in total. The van der Waals surface area contributed by atoms with Crippen molar-refractivity contribution in [3.63, 3.8) is 0 Å². The first kappa shape index (κ1) is 17.0. The molecule has 8 heteroatoms. The summed E-state index contributed by atoms with van der Waals surface area (Å²) < 4.78 is 44.2. The van der Waals surface area contributed by atoms with E-state index in [0.29, 0.717) is 0 Å². The second-order valence-electron chi connectivity index (χ2n) is 5.94. The van der Waals surface area contributed by atoms with Crippen molar-refractivity contribution in [3.05, 3.63) is 30.0 Å². The standard InChI is InChI=1S/C15H15F3N2O3/c1-14(2,3)23-11(21)8-20-10-7-5-4-6-9(10)12(19-20)13(22)15(16,17)18/h4-7H,8H2,1-3H3. The van der Waals surface area contributed by atoms with Crippen LogP contribution >= 0.6 is 0 Å². The quantitative estimate of drug-likeness (QED) is 0.641. The molecule has 0 aliphatic rings. The van der Waals surface area contributed by atoms with E-state index in [4.69, 9.17) is 4.74 Å². The lowest BCUT2D eigenvalue weighted by molar-refractivity contribution is -0.155. The van der Waals surface area contributed by atoms with Crippen LogP contribution in [-0.4, -0.2) is 33.3 Å². The van der Waals surface area contributed by atoms with Crippen molar-refractivity contribution >= 4 is 22.7 Å². The molecule has 0 spiro atoms. The summed E-state index contributed by atoms with van der Waals surface area (Å²) in [6.07, 6.45) is -5.03. The van der Waals surface area contributed by atoms with Crippen molar-refractivity contribution < 1.29 is 27.5 Å². The molecule has 0 fully saturated rings. The second-order valence-corrected chi connectivity index (χ2v) is 5.94. The number of hydrogen-bond donors (Lipinski definition) is 0. The summed E-state index contributed by atoms with van der Waals surface area (Å²) in [7, 11) is 0. The van der Waals surface area contributed by atoms with Gasteiger partial charge in [-0.25, -0.2) is 0 Å². The van der Waals surface area contributed by atoms with E-state index in [1.807, 2.05) is 0 Å². The Morgan fingerprint density at radius 2 is 1.78 bits per heavy atom. The number of carbonyl (C=O) groups excluding carboxylic acids is 2. The van der Waals surface area contributed by atoms with Crippen molar-refractivity contribution in [3.8, 4) is 0 Å². The maximum absolute atomic E-state index is 12.7. The average Bonchev–Trinajstić information content (AvgIpc) is 2.73.